The Bertz CT molecular complexity index is 1440. The van der Waals surface area contributed by atoms with Crippen LogP contribution in [0.15, 0.2) is 49.1 Å². The molecule has 40 heavy (non-hydrogen) atoms. The van der Waals surface area contributed by atoms with Crippen molar-refractivity contribution in [3.05, 3.63) is 68.4 Å². The van der Waals surface area contributed by atoms with Crippen LogP contribution >= 0.6 is 45.8 Å². The number of halogens is 3. The van der Waals surface area contributed by atoms with Crippen molar-refractivity contribution in [2.45, 2.75) is 21.7 Å². The second kappa shape index (κ2) is 15.6. The number of hydrogen-bond acceptors (Lipinski definition) is 9. The number of rotatable bonds is 5. The Hall–Kier alpha value is -2.29. The summed E-state index contributed by atoms with van der Waals surface area (Å²) in [4.78, 5) is 23.2. The summed E-state index contributed by atoms with van der Waals surface area (Å²) in [5.74, 6) is 2.66. The molecule has 4 aromatic heterocycles. The van der Waals surface area contributed by atoms with E-state index in [-0.39, 0.29) is 0 Å². The van der Waals surface area contributed by atoms with E-state index < -0.39 is 18.4 Å². The number of nitrogens with two attached hydrogens (primary N) is 2. The number of nitrogens with zero attached hydrogens (tertiary/aromatic N) is 4. The van der Waals surface area contributed by atoms with Gasteiger partial charge in [0.15, 0.2) is 0 Å². The van der Waals surface area contributed by atoms with Crippen LogP contribution in [0, 0.1) is 10.5 Å². The third-order valence-corrected chi connectivity index (χ3v) is 13.3. The summed E-state index contributed by atoms with van der Waals surface area (Å²) >= 11 is 12.3. The molecule has 0 aliphatic carbocycles. The van der Waals surface area contributed by atoms with Crippen molar-refractivity contribution in [1.29, 1.82) is 0 Å². The average molecular weight is 806 g/mol. The van der Waals surface area contributed by atoms with Crippen LogP contribution in [-0.4, -0.2) is 59.6 Å². The standard InChI is InChI=1S/C12H12ClN3O2.C6H5ClN.C6H7IN2O.3CH3.Sn/c1-17-9-3-4-15-12(14)11(9)7-5-10(18-2)16-6-8(7)13;1-5-2-3-6(7)4-8-5;1-10-4-2-3-9-6(8)5(4)7;;;;/h3-6H,1-2H3,(H2,14,15);2,4H,1H3;2-3H,1H3,(H2,8,9);3*1H3;. The van der Waals surface area contributed by atoms with Gasteiger partial charge in [-0.2, -0.15) is 0 Å². The van der Waals surface area contributed by atoms with Crippen LogP contribution < -0.4 is 29.3 Å². The third kappa shape index (κ3) is 9.38. The van der Waals surface area contributed by atoms with Crippen LogP contribution in [0.3, 0.4) is 0 Å². The molecule has 0 unspecified atom stereocenters. The van der Waals surface area contributed by atoms with Crippen LogP contribution in [-0.2, 0) is 0 Å². The number of anilines is 2. The predicted molar refractivity (Wildman–Crippen MR) is 175 cm³/mol. The third-order valence-electron chi connectivity index (χ3n) is 5.37. The molecule has 214 valence electrons. The number of hydrogen-bond donors (Lipinski definition) is 2. The molecule has 0 spiro atoms. The molecule has 13 heteroatoms. The van der Waals surface area contributed by atoms with Crippen molar-refractivity contribution in [2.24, 2.45) is 0 Å². The summed E-state index contributed by atoms with van der Waals surface area (Å²) in [6.45, 7) is 2.01. The monoisotopic (exact) mass is 806 g/mol. The first-order valence-corrected chi connectivity index (χ1v) is 23.7. The Morgan fingerprint density at radius 2 is 1.35 bits per heavy atom. The first-order chi connectivity index (χ1) is 18.8. The summed E-state index contributed by atoms with van der Waals surface area (Å²) < 4.78 is 17.6. The number of pyridine rings is 4. The summed E-state index contributed by atoms with van der Waals surface area (Å²) in [5, 5.41) is 1.30. The van der Waals surface area contributed by atoms with Gasteiger partial charge in [0.2, 0.25) is 5.88 Å². The second-order valence-electron chi connectivity index (χ2n) is 9.25. The van der Waals surface area contributed by atoms with E-state index in [0.29, 0.717) is 39.4 Å². The summed E-state index contributed by atoms with van der Waals surface area (Å²) in [5.41, 5.74) is 13.7. The van der Waals surface area contributed by atoms with Gasteiger partial charge in [-0.25, -0.2) is 15.0 Å². The van der Waals surface area contributed by atoms with Crippen molar-refractivity contribution < 1.29 is 14.2 Å². The Balaban J connectivity index is 0.000000222. The first-order valence-electron chi connectivity index (χ1n) is 11.9. The maximum absolute atomic E-state index is 6.13. The van der Waals surface area contributed by atoms with E-state index in [4.69, 9.17) is 48.9 Å². The fourth-order valence-corrected chi connectivity index (χ4v) is 10.1. The zero-order chi connectivity index (χ0) is 30.0. The number of aryl methyl sites for hydroxylation is 1. The normalized spacial score (nSPS) is 10.4. The molecular weight excluding hydrogens is 773 g/mol. The van der Waals surface area contributed by atoms with Crippen molar-refractivity contribution in [3.63, 3.8) is 0 Å². The molecule has 0 amide bonds. The minimum absolute atomic E-state index is 0.338. The van der Waals surface area contributed by atoms with Gasteiger partial charge in [0.1, 0.15) is 23.1 Å². The molecule has 0 fully saturated rings. The molecule has 4 N–H and O–H groups in total. The van der Waals surface area contributed by atoms with Gasteiger partial charge in [-0.1, -0.05) is 11.6 Å². The molecule has 4 aromatic rings. The SMILES string of the molecule is COc1cc(-c2c(OC)ccnc2N)c(Cl)cn1.COc1ccnc(N)c1I.Cc1c[c]([Sn]([CH3])([CH3])[CH3])c(Cl)cn1. The van der Waals surface area contributed by atoms with Gasteiger partial charge in [0.25, 0.3) is 0 Å². The van der Waals surface area contributed by atoms with Crippen LogP contribution in [0.1, 0.15) is 5.69 Å². The number of ether oxygens (including phenoxy) is 3. The fourth-order valence-electron chi connectivity index (χ4n) is 3.34. The molecule has 0 radical (unpaired) electrons. The predicted octanol–water partition coefficient (Wildman–Crippen LogP) is 6.26. The van der Waals surface area contributed by atoms with Crippen LogP contribution in [0.4, 0.5) is 11.6 Å². The van der Waals surface area contributed by atoms with Gasteiger partial charge in [-0.3, -0.25) is 0 Å². The zero-order valence-electron chi connectivity index (χ0n) is 23.4. The quantitative estimate of drug-likeness (QED) is 0.177. The molecule has 0 aromatic carbocycles. The van der Waals surface area contributed by atoms with Crippen molar-refractivity contribution >= 4 is 79.4 Å². The van der Waals surface area contributed by atoms with Gasteiger partial charge in [-0.05, 0) is 34.7 Å². The van der Waals surface area contributed by atoms with Gasteiger partial charge in [0, 0.05) is 24.0 Å². The molecule has 4 rings (SSSR count). The zero-order valence-corrected chi connectivity index (χ0v) is 29.9. The number of nitrogen functional groups attached to an aromatic ring is 2. The molecular formula is C27H33Cl2IN6O3Sn. The Morgan fingerprint density at radius 3 is 1.88 bits per heavy atom. The second-order valence-corrected chi connectivity index (χ2v) is 25.5. The summed E-state index contributed by atoms with van der Waals surface area (Å²) in [7, 11) is 4.70. The Kier molecular flexibility index (Phi) is 13.3. The van der Waals surface area contributed by atoms with E-state index in [2.05, 4.69) is 63.4 Å². The van der Waals surface area contributed by atoms with E-state index in [1.807, 2.05) is 6.92 Å². The first kappa shape index (κ1) is 33.9. The number of methoxy groups -OCH3 is 3. The van der Waals surface area contributed by atoms with Gasteiger partial charge in [0.05, 0.1) is 41.7 Å². The molecule has 0 saturated heterocycles. The molecule has 4 heterocycles. The maximum atomic E-state index is 6.13. The van der Waals surface area contributed by atoms with E-state index in [9.17, 15) is 0 Å². The molecule has 0 saturated carbocycles. The Labute approximate surface area is 263 Å². The molecule has 0 bridgehead atoms. The van der Waals surface area contributed by atoms with Crippen LogP contribution in [0.25, 0.3) is 11.1 Å². The summed E-state index contributed by atoms with van der Waals surface area (Å²) in [6, 6.07) is 7.32. The topological polar surface area (TPSA) is 131 Å². The van der Waals surface area contributed by atoms with Crippen LogP contribution in [0.2, 0.25) is 24.9 Å². The van der Waals surface area contributed by atoms with Crippen molar-refractivity contribution in [2.75, 3.05) is 32.8 Å². The van der Waals surface area contributed by atoms with Gasteiger partial charge < -0.3 is 25.7 Å². The molecule has 0 atom stereocenters. The number of aromatic nitrogens is 4. The Morgan fingerprint density at radius 1 is 0.775 bits per heavy atom. The summed E-state index contributed by atoms with van der Waals surface area (Å²) in [6.07, 6.45) is 6.47. The van der Waals surface area contributed by atoms with E-state index >= 15 is 0 Å². The van der Waals surface area contributed by atoms with E-state index in [1.165, 1.54) is 16.9 Å². The molecule has 9 nitrogen and oxygen atoms in total. The molecule has 0 aliphatic heterocycles. The van der Waals surface area contributed by atoms with Crippen LogP contribution in [0.5, 0.6) is 17.4 Å². The fraction of sp³-hybridized carbons (Fsp3) is 0.259. The van der Waals surface area contributed by atoms with Crippen molar-refractivity contribution in [3.8, 4) is 28.5 Å². The van der Waals surface area contributed by atoms with Gasteiger partial charge >= 0.3 is 83.3 Å². The minimum atomic E-state index is -1.99. The molecule has 0 aliphatic rings. The van der Waals surface area contributed by atoms with Crippen molar-refractivity contribution in [1.82, 2.24) is 19.9 Å². The van der Waals surface area contributed by atoms with Gasteiger partial charge in [-0.15, -0.1) is 0 Å². The van der Waals surface area contributed by atoms with E-state index in [1.54, 1.807) is 51.0 Å². The van der Waals surface area contributed by atoms with E-state index in [0.717, 1.165) is 20.0 Å². The average Bonchev–Trinajstić information content (AvgIpc) is 2.92.